The summed E-state index contributed by atoms with van der Waals surface area (Å²) in [5.74, 6) is -0.0557. The van der Waals surface area contributed by atoms with Crippen LogP contribution >= 0.6 is 0 Å². The van der Waals surface area contributed by atoms with Gasteiger partial charge in [0, 0.05) is 6.54 Å². The van der Waals surface area contributed by atoms with Gasteiger partial charge in [-0.3, -0.25) is 9.59 Å². The maximum atomic E-state index is 12.7. The van der Waals surface area contributed by atoms with Gasteiger partial charge in [-0.15, -0.1) is 0 Å². The predicted molar refractivity (Wildman–Crippen MR) is 78.0 cm³/mol. The quantitative estimate of drug-likeness (QED) is 0.915. The molecule has 0 saturated carbocycles. The zero-order valence-electron chi connectivity index (χ0n) is 12.3. The van der Waals surface area contributed by atoms with Gasteiger partial charge in [0.1, 0.15) is 11.6 Å². The molecule has 1 aromatic carbocycles. The minimum atomic E-state index is -0.697. The average Bonchev–Trinajstić information content (AvgIpc) is 2.49. The summed E-state index contributed by atoms with van der Waals surface area (Å²) in [5.41, 5.74) is 0.141. The molecular weight excluding hydrogens is 252 g/mol. The Kier molecular flexibility index (Phi) is 4.12. The second-order valence-corrected chi connectivity index (χ2v) is 5.14. The van der Waals surface area contributed by atoms with Crippen molar-refractivity contribution in [3.63, 3.8) is 0 Å². The smallest absolute Gasteiger partial charge is 0.250 e. The Bertz CT molecular complexity index is 494. The third-order valence-corrected chi connectivity index (χ3v) is 4.35. The van der Waals surface area contributed by atoms with Crippen molar-refractivity contribution in [2.75, 3.05) is 6.54 Å². The molecule has 0 aliphatic carbocycles. The molecule has 1 atom stereocenters. The van der Waals surface area contributed by atoms with Gasteiger partial charge in [-0.1, -0.05) is 44.2 Å². The highest BCUT2D eigenvalue weighted by Gasteiger charge is 2.49. The Balaban J connectivity index is 2.40. The molecule has 1 aliphatic heterocycles. The minimum absolute atomic E-state index is 0.0120. The van der Waals surface area contributed by atoms with Gasteiger partial charge < -0.3 is 10.2 Å². The zero-order valence-corrected chi connectivity index (χ0v) is 12.3. The first-order valence-electron chi connectivity index (χ1n) is 7.28. The molecule has 1 saturated heterocycles. The van der Waals surface area contributed by atoms with Crippen LogP contribution in [0.25, 0.3) is 0 Å². The number of rotatable bonds is 4. The molecule has 108 valence electrons. The number of carbonyl (C=O) groups excluding carboxylic acids is 2. The molecular formula is C16H22N2O2. The lowest BCUT2D eigenvalue weighted by Crippen LogP contribution is -2.67. The van der Waals surface area contributed by atoms with Gasteiger partial charge >= 0.3 is 0 Å². The highest BCUT2D eigenvalue weighted by Crippen LogP contribution is 2.32. The summed E-state index contributed by atoms with van der Waals surface area (Å²) >= 11 is 0. The molecule has 0 radical (unpaired) electrons. The summed E-state index contributed by atoms with van der Waals surface area (Å²) in [4.78, 5) is 27.1. The topological polar surface area (TPSA) is 49.4 Å². The van der Waals surface area contributed by atoms with Gasteiger partial charge in [0.25, 0.3) is 5.91 Å². The Morgan fingerprint density at radius 2 is 1.70 bits per heavy atom. The Labute approximate surface area is 120 Å². The Morgan fingerprint density at radius 1 is 1.10 bits per heavy atom. The predicted octanol–water partition coefficient (Wildman–Crippen LogP) is 2.26. The number of hydrogen-bond donors (Lipinski definition) is 1. The van der Waals surface area contributed by atoms with Crippen LogP contribution in [0.15, 0.2) is 30.3 Å². The van der Waals surface area contributed by atoms with Gasteiger partial charge in [0.05, 0.1) is 0 Å². The van der Waals surface area contributed by atoms with E-state index in [1.807, 2.05) is 51.1 Å². The lowest BCUT2D eigenvalue weighted by molar-refractivity contribution is -0.158. The summed E-state index contributed by atoms with van der Waals surface area (Å²) < 4.78 is 0. The first-order chi connectivity index (χ1) is 9.60. The van der Waals surface area contributed by atoms with E-state index in [-0.39, 0.29) is 11.8 Å². The van der Waals surface area contributed by atoms with E-state index in [0.717, 1.165) is 5.56 Å². The summed E-state index contributed by atoms with van der Waals surface area (Å²) in [6.45, 7) is 6.40. The number of nitrogens with zero attached hydrogens (tertiary/aromatic N) is 1. The van der Waals surface area contributed by atoms with E-state index >= 15 is 0 Å². The van der Waals surface area contributed by atoms with Crippen molar-refractivity contribution in [3.8, 4) is 0 Å². The highest BCUT2D eigenvalue weighted by atomic mass is 16.2. The summed E-state index contributed by atoms with van der Waals surface area (Å²) in [7, 11) is 0. The molecule has 4 nitrogen and oxygen atoms in total. The van der Waals surface area contributed by atoms with Crippen LogP contribution in [0.2, 0.25) is 0 Å². The van der Waals surface area contributed by atoms with E-state index in [9.17, 15) is 9.59 Å². The van der Waals surface area contributed by atoms with Crippen LogP contribution in [0, 0.1) is 0 Å². The number of hydrogen-bond acceptors (Lipinski definition) is 2. The molecule has 1 N–H and O–H groups in total. The lowest BCUT2D eigenvalue weighted by Gasteiger charge is -2.47. The molecule has 4 heteroatoms. The van der Waals surface area contributed by atoms with Crippen LogP contribution < -0.4 is 5.32 Å². The van der Waals surface area contributed by atoms with Crippen molar-refractivity contribution in [1.29, 1.82) is 0 Å². The van der Waals surface area contributed by atoms with E-state index < -0.39 is 11.6 Å². The van der Waals surface area contributed by atoms with Crippen molar-refractivity contribution >= 4 is 11.8 Å². The van der Waals surface area contributed by atoms with E-state index in [2.05, 4.69) is 5.32 Å². The van der Waals surface area contributed by atoms with Crippen molar-refractivity contribution < 1.29 is 9.59 Å². The highest BCUT2D eigenvalue weighted by molar-refractivity contribution is 6.00. The first-order valence-corrected chi connectivity index (χ1v) is 7.28. The van der Waals surface area contributed by atoms with E-state index in [1.54, 1.807) is 4.90 Å². The van der Waals surface area contributed by atoms with Gasteiger partial charge in [0.15, 0.2) is 0 Å². The molecule has 0 spiro atoms. The van der Waals surface area contributed by atoms with Crippen LogP contribution in [-0.4, -0.2) is 28.8 Å². The SMILES string of the molecule is CCN1C(=O)C(c2ccccc2)NC(=O)C1(CC)CC. The second kappa shape index (κ2) is 5.65. The molecule has 1 heterocycles. The monoisotopic (exact) mass is 274 g/mol. The van der Waals surface area contributed by atoms with E-state index in [1.165, 1.54) is 0 Å². The Hall–Kier alpha value is -1.84. The normalized spacial score (nSPS) is 21.8. The third-order valence-electron chi connectivity index (χ3n) is 4.35. The lowest BCUT2D eigenvalue weighted by atomic mass is 9.85. The van der Waals surface area contributed by atoms with Gasteiger partial charge in [-0.05, 0) is 25.3 Å². The van der Waals surface area contributed by atoms with Gasteiger partial charge in [0.2, 0.25) is 5.91 Å². The summed E-state index contributed by atoms with van der Waals surface area (Å²) in [6, 6.07) is 8.86. The van der Waals surface area contributed by atoms with Crippen LogP contribution in [0.1, 0.15) is 45.2 Å². The van der Waals surface area contributed by atoms with E-state index in [0.29, 0.717) is 19.4 Å². The number of carbonyl (C=O) groups is 2. The fourth-order valence-electron chi connectivity index (χ4n) is 3.10. The molecule has 0 bridgehead atoms. The number of likely N-dealkylation sites (N-methyl/N-ethyl adjacent to an activating group) is 1. The van der Waals surface area contributed by atoms with Crippen molar-refractivity contribution in [2.45, 2.75) is 45.2 Å². The molecule has 1 aromatic rings. The fourth-order valence-corrected chi connectivity index (χ4v) is 3.10. The minimum Gasteiger partial charge on any atom is -0.338 e. The fraction of sp³-hybridized carbons (Fsp3) is 0.500. The van der Waals surface area contributed by atoms with Crippen molar-refractivity contribution in [1.82, 2.24) is 10.2 Å². The summed E-state index contributed by atoms with van der Waals surface area (Å²) in [5, 5.41) is 2.91. The molecule has 0 aromatic heterocycles. The van der Waals surface area contributed by atoms with Gasteiger partial charge in [-0.25, -0.2) is 0 Å². The zero-order chi connectivity index (χ0) is 14.8. The molecule has 1 unspecified atom stereocenters. The van der Waals surface area contributed by atoms with Crippen LogP contribution in [0.3, 0.4) is 0 Å². The van der Waals surface area contributed by atoms with Crippen LogP contribution in [0.5, 0.6) is 0 Å². The third kappa shape index (κ3) is 2.09. The number of piperazine rings is 1. The van der Waals surface area contributed by atoms with Crippen LogP contribution in [-0.2, 0) is 9.59 Å². The average molecular weight is 274 g/mol. The van der Waals surface area contributed by atoms with E-state index in [4.69, 9.17) is 0 Å². The maximum Gasteiger partial charge on any atom is 0.250 e. The standard InChI is InChI=1S/C16H22N2O2/c1-4-16(5-2)15(20)17-13(14(19)18(16)6-3)12-10-8-7-9-11-12/h7-11,13H,4-6H2,1-3H3,(H,17,20). The largest absolute Gasteiger partial charge is 0.338 e. The summed E-state index contributed by atoms with van der Waals surface area (Å²) in [6.07, 6.45) is 1.27. The molecule has 2 amide bonds. The second-order valence-electron chi connectivity index (χ2n) is 5.14. The first kappa shape index (κ1) is 14.6. The maximum absolute atomic E-state index is 12.7. The number of amides is 2. The molecule has 2 rings (SSSR count). The number of benzene rings is 1. The molecule has 20 heavy (non-hydrogen) atoms. The van der Waals surface area contributed by atoms with Gasteiger partial charge in [-0.2, -0.15) is 0 Å². The number of nitrogens with one attached hydrogen (secondary N) is 1. The van der Waals surface area contributed by atoms with Crippen LogP contribution in [0.4, 0.5) is 0 Å². The Morgan fingerprint density at radius 3 is 2.20 bits per heavy atom. The van der Waals surface area contributed by atoms with Crippen molar-refractivity contribution in [2.24, 2.45) is 0 Å². The molecule has 1 fully saturated rings. The van der Waals surface area contributed by atoms with Crippen molar-refractivity contribution in [3.05, 3.63) is 35.9 Å². The molecule has 1 aliphatic rings.